The number of rotatable bonds is 8. The lowest BCUT2D eigenvalue weighted by atomic mass is 10.00. The van der Waals surface area contributed by atoms with Gasteiger partial charge in [0.05, 0.1) is 12.0 Å². The number of carbonyl (C=O) groups is 1. The summed E-state index contributed by atoms with van der Waals surface area (Å²) in [5, 5.41) is 8.96. The van der Waals surface area contributed by atoms with Gasteiger partial charge in [0.15, 0.2) is 0 Å². The number of hydrogen-bond donors (Lipinski definition) is 3. The van der Waals surface area contributed by atoms with E-state index < -0.39 is 24.3 Å². The molecule has 0 spiro atoms. The number of nitrogens with two attached hydrogens (primary N) is 2. The molecule has 0 bridgehead atoms. The zero-order chi connectivity index (χ0) is 25.9. The molecule has 8 nitrogen and oxygen atoms in total. The highest BCUT2D eigenvalue weighted by Gasteiger charge is 2.44. The van der Waals surface area contributed by atoms with Gasteiger partial charge in [-0.15, -0.1) is 0 Å². The van der Waals surface area contributed by atoms with Crippen molar-refractivity contribution in [3.8, 4) is 28.5 Å². The standard InChI is InChI=1S/C25H21F3N4O4/c26-25(27,28)22(17-5-2-1-4-16(17)20-6-3-11-35-20)36-21-13-19(31-24(30)32-21)15-9-7-14(8-10-15)12-18(29)23(33)34/h1-11,13,18,22H,12,29H2,(H,33,34)(H2,30,31,32)/t18-,22?/m0/s1. The monoisotopic (exact) mass is 498 g/mol. The van der Waals surface area contributed by atoms with E-state index in [1.807, 2.05) is 0 Å². The van der Waals surface area contributed by atoms with Crippen LogP contribution in [-0.2, 0) is 11.2 Å². The molecular formula is C25H21F3N4O4. The fraction of sp³-hybridized carbons (Fsp3) is 0.160. The number of halogens is 3. The highest BCUT2D eigenvalue weighted by Crippen LogP contribution is 2.41. The van der Waals surface area contributed by atoms with Crippen molar-refractivity contribution in [2.75, 3.05) is 5.73 Å². The van der Waals surface area contributed by atoms with Crippen molar-refractivity contribution in [2.45, 2.75) is 24.7 Å². The van der Waals surface area contributed by atoms with Gasteiger partial charge in [0.1, 0.15) is 11.8 Å². The van der Waals surface area contributed by atoms with Crippen LogP contribution in [0.25, 0.3) is 22.6 Å². The van der Waals surface area contributed by atoms with Crippen molar-refractivity contribution in [1.82, 2.24) is 9.97 Å². The number of hydrogen-bond acceptors (Lipinski definition) is 7. The van der Waals surface area contributed by atoms with Crippen molar-refractivity contribution in [3.63, 3.8) is 0 Å². The number of carboxylic acid groups (broad SMARTS) is 1. The number of benzene rings is 2. The first kappa shape index (κ1) is 24.7. The third kappa shape index (κ3) is 5.63. The van der Waals surface area contributed by atoms with Crippen LogP contribution >= 0.6 is 0 Å². The Balaban J connectivity index is 1.65. The number of aromatic nitrogens is 2. The largest absolute Gasteiger partial charge is 0.480 e. The number of furan rings is 1. The molecule has 2 aromatic carbocycles. The summed E-state index contributed by atoms with van der Waals surface area (Å²) >= 11 is 0. The summed E-state index contributed by atoms with van der Waals surface area (Å²) in [6, 6.07) is 15.8. The zero-order valence-electron chi connectivity index (χ0n) is 18.6. The molecule has 0 saturated heterocycles. The molecule has 0 aliphatic carbocycles. The molecule has 2 heterocycles. The predicted octanol–water partition coefficient (Wildman–Crippen LogP) is 4.62. The van der Waals surface area contributed by atoms with Gasteiger partial charge in [0.25, 0.3) is 0 Å². The van der Waals surface area contributed by atoms with E-state index in [4.69, 9.17) is 25.7 Å². The maximum Gasteiger partial charge on any atom is 0.429 e. The van der Waals surface area contributed by atoms with Gasteiger partial charge in [-0.3, -0.25) is 4.79 Å². The zero-order valence-corrected chi connectivity index (χ0v) is 18.6. The normalized spacial score (nSPS) is 13.2. The second kappa shape index (κ2) is 10.1. The van der Waals surface area contributed by atoms with E-state index >= 15 is 0 Å². The number of anilines is 1. The van der Waals surface area contributed by atoms with Crippen LogP contribution in [0.5, 0.6) is 5.88 Å². The Morgan fingerprint density at radius 2 is 1.78 bits per heavy atom. The van der Waals surface area contributed by atoms with Gasteiger partial charge in [0, 0.05) is 22.8 Å². The van der Waals surface area contributed by atoms with Crippen molar-refractivity contribution in [2.24, 2.45) is 5.73 Å². The van der Waals surface area contributed by atoms with Crippen molar-refractivity contribution in [3.05, 3.63) is 84.1 Å². The van der Waals surface area contributed by atoms with E-state index in [-0.39, 0.29) is 40.8 Å². The van der Waals surface area contributed by atoms with E-state index in [0.29, 0.717) is 11.1 Å². The van der Waals surface area contributed by atoms with E-state index in [1.165, 1.54) is 30.5 Å². The molecule has 5 N–H and O–H groups in total. The van der Waals surface area contributed by atoms with Gasteiger partial charge in [-0.1, -0.05) is 48.5 Å². The molecule has 0 amide bonds. The Morgan fingerprint density at radius 3 is 2.42 bits per heavy atom. The molecule has 1 unspecified atom stereocenters. The average molecular weight is 498 g/mol. The summed E-state index contributed by atoms with van der Waals surface area (Å²) in [6.07, 6.45) is -5.67. The second-order valence-electron chi connectivity index (χ2n) is 7.90. The summed E-state index contributed by atoms with van der Waals surface area (Å²) in [5.41, 5.74) is 12.8. The Bertz CT molecular complexity index is 1340. The molecule has 0 radical (unpaired) electrons. The van der Waals surface area contributed by atoms with Crippen LogP contribution in [0.3, 0.4) is 0 Å². The Kier molecular flexibility index (Phi) is 6.93. The fourth-order valence-electron chi connectivity index (χ4n) is 3.61. The van der Waals surface area contributed by atoms with Gasteiger partial charge >= 0.3 is 12.1 Å². The Morgan fingerprint density at radius 1 is 1.06 bits per heavy atom. The van der Waals surface area contributed by atoms with Gasteiger partial charge in [-0.05, 0) is 24.1 Å². The van der Waals surface area contributed by atoms with Gasteiger partial charge < -0.3 is 25.7 Å². The summed E-state index contributed by atoms with van der Waals surface area (Å²) in [6.45, 7) is 0. The van der Waals surface area contributed by atoms with Crippen LogP contribution in [0.2, 0.25) is 0 Å². The lowest BCUT2D eigenvalue weighted by Crippen LogP contribution is -2.32. The Hall–Kier alpha value is -4.38. The summed E-state index contributed by atoms with van der Waals surface area (Å²) in [4.78, 5) is 18.9. The quantitative estimate of drug-likeness (QED) is 0.320. The van der Waals surface area contributed by atoms with E-state index in [2.05, 4.69) is 9.97 Å². The molecule has 186 valence electrons. The third-order valence-electron chi connectivity index (χ3n) is 5.31. The van der Waals surface area contributed by atoms with Crippen molar-refractivity contribution >= 4 is 11.9 Å². The van der Waals surface area contributed by atoms with Gasteiger partial charge in [-0.2, -0.15) is 18.2 Å². The van der Waals surface area contributed by atoms with Gasteiger partial charge in [0.2, 0.25) is 17.9 Å². The minimum Gasteiger partial charge on any atom is -0.480 e. The van der Waals surface area contributed by atoms with Crippen LogP contribution in [0.15, 0.2) is 77.4 Å². The number of alkyl halides is 3. The summed E-state index contributed by atoms with van der Waals surface area (Å²) in [5.74, 6) is -1.52. The number of carboxylic acids is 1. The minimum atomic E-state index is -4.78. The topological polar surface area (TPSA) is 137 Å². The first-order chi connectivity index (χ1) is 17.1. The number of ether oxygens (including phenoxy) is 1. The maximum absolute atomic E-state index is 14.2. The van der Waals surface area contributed by atoms with Crippen LogP contribution in [0.4, 0.5) is 19.1 Å². The summed E-state index contributed by atoms with van der Waals surface area (Å²) in [7, 11) is 0. The lowest BCUT2D eigenvalue weighted by Gasteiger charge is -2.23. The number of nitrogen functional groups attached to an aromatic ring is 1. The first-order valence-corrected chi connectivity index (χ1v) is 10.7. The number of aliphatic carboxylic acids is 1. The molecule has 4 aromatic rings. The predicted molar refractivity (Wildman–Crippen MR) is 125 cm³/mol. The van der Waals surface area contributed by atoms with E-state index in [9.17, 15) is 18.0 Å². The highest BCUT2D eigenvalue weighted by molar-refractivity contribution is 5.73. The average Bonchev–Trinajstić information content (AvgIpc) is 3.37. The molecule has 2 aromatic heterocycles. The molecule has 0 aliphatic rings. The van der Waals surface area contributed by atoms with E-state index in [0.717, 1.165) is 0 Å². The number of nitrogens with zero attached hydrogens (tertiary/aromatic N) is 2. The summed E-state index contributed by atoms with van der Waals surface area (Å²) < 4.78 is 53.2. The molecule has 0 saturated carbocycles. The van der Waals surface area contributed by atoms with Crippen LogP contribution in [0, 0.1) is 0 Å². The minimum absolute atomic E-state index is 0.109. The molecule has 4 rings (SSSR count). The SMILES string of the molecule is Nc1nc(OC(c2ccccc2-c2ccco2)C(F)(F)F)cc(-c2ccc(C[C@H](N)C(=O)O)cc2)n1. The maximum atomic E-state index is 14.2. The fourth-order valence-corrected chi connectivity index (χ4v) is 3.61. The molecule has 11 heteroatoms. The van der Waals surface area contributed by atoms with Crippen LogP contribution in [-0.4, -0.2) is 33.3 Å². The van der Waals surface area contributed by atoms with Crippen molar-refractivity contribution in [1.29, 1.82) is 0 Å². The Labute approximate surface area is 203 Å². The van der Waals surface area contributed by atoms with E-state index in [1.54, 1.807) is 42.5 Å². The first-order valence-electron chi connectivity index (χ1n) is 10.7. The molecule has 0 aliphatic heterocycles. The van der Waals surface area contributed by atoms with Gasteiger partial charge in [-0.25, -0.2) is 4.98 Å². The highest BCUT2D eigenvalue weighted by atomic mass is 19.4. The van der Waals surface area contributed by atoms with Crippen LogP contribution < -0.4 is 16.2 Å². The lowest BCUT2D eigenvalue weighted by molar-refractivity contribution is -0.198. The molecular weight excluding hydrogens is 477 g/mol. The third-order valence-corrected chi connectivity index (χ3v) is 5.31. The smallest absolute Gasteiger partial charge is 0.429 e. The molecule has 2 atom stereocenters. The molecule has 36 heavy (non-hydrogen) atoms. The second-order valence-corrected chi connectivity index (χ2v) is 7.90. The van der Waals surface area contributed by atoms with Crippen LogP contribution in [0.1, 0.15) is 17.2 Å². The van der Waals surface area contributed by atoms with Crippen molar-refractivity contribution < 1.29 is 32.2 Å². The molecule has 0 fully saturated rings.